The molecule has 94 valence electrons. The highest BCUT2D eigenvalue weighted by molar-refractivity contribution is 5.22. The molecule has 0 spiro atoms. The third-order valence-electron chi connectivity index (χ3n) is 3.84. The van der Waals surface area contributed by atoms with Crippen molar-refractivity contribution >= 4 is 0 Å². The summed E-state index contributed by atoms with van der Waals surface area (Å²) < 4.78 is 0. The molecule has 2 heteroatoms. The number of nitrogens with zero attached hydrogens (tertiary/aromatic N) is 1. The molecule has 1 aromatic rings. The van der Waals surface area contributed by atoms with Crippen molar-refractivity contribution in [1.29, 1.82) is 0 Å². The molecule has 17 heavy (non-hydrogen) atoms. The van der Waals surface area contributed by atoms with E-state index >= 15 is 0 Å². The van der Waals surface area contributed by atoms with Gasteiger partial charge in [-0.3, -0.25) is 0 Å². The molecule has 1 saturated heterocycles. The third-order valence-corrected chi connectivity index (χ3v) is 3.84. The molecule has 1 atom stereocenters. The van der Waals surface area contributed by atoms with Crippen molar-refractivity contribution in [3.05, 3.63) is 35.4 Å². The monoisotopic (exact) mass is 232 g/mol. The first-order valence-electron chi connectivity index (χ1n) is 6.78. The Balaban J connectivity index is 1.80. The fraction of sp³-hybridized carbons (Fsp3) is 0.600. The summed E-state index contributed by atoms with van der Waals surface area (Å²) in [5.41, 5.74) is 2.89. The van der Waals surface area contributed by atoms with E-state index in [0.29, 0.717) is 0 Å². The second-order valence-electron chi connectivity index (χ2n) is 5.05. The molecule has 0 saturated carbocycles. The molecule has 0 radical (unpaired) electrons. The topological polar surface area (TPSA) is 15.3 Å². The minimum atomic E-state index is 0.741. The van der Waals surface area contributed by atoms with Crippen LogP contribution in [0.2, 0.25) is 0 Å². The number of nitrogens with one attached hydrogen (secondary N) is 1. The van der Waals surface area contributed by atoms with Crippen LogP contribution in [0.4, 0.5) is 0 Å². The lowest BCUT2D eigenvalue weighted by atomic mass is 10.1. The Morgan fingerprint density at radius 1 is 1.24 bits per heavy atom. The smallest absolute Gasteiger partial charge is 0.0229 e. The average molecular weight is 232 g/mol. The van der Waals surface area contributed by atoms with Crippen molar-refractivity contribution in [3.8, 4) is 0 Å². The molecule has 1 aromatic carbocycles. The Labute approximate surface area is 105 Å². The lowest BCUT2D eigenvalue weighted by Crippen LogP contribution is -2.34. The zero-order valence-electron chi connectivity index (χ0n) is 11.1. The van der Waals surface area contributed by atoms with E-state index in [4.69, 9.17) is 0 Å². The molecule has 2 nitrogen and oxygen atoms in total. The van der Waals surface area contributed by atoms with E-state index in [9.17, 15) is 0 Å². The van der Waals surface area contributed by atoms with Gasteiger partial charge < -0.3 is 10.2 Å². The zero-order valence-corrected chi connectivity index (χ0v) is 11.1. The highest BCUT2D eigenvalue weighted by atomic mass is 15.2. The Morgan fingerprint density at radius 2 is 1.94 bits per heavy atom. The molecule has 0 amide bonds. The molecule has 1 N–H and O–H groups in total. The van der Waals surface area contributed by atoms with Crippen molar-refractivity contribution in [2.24, 2.45) is 0 Å². The average Bonchev–Trinajstić information content (AvgIpc) is 2.90. The second-order valence-corrected chi connectivity index (χ2v) is 5.05. The summed E-state index contributed by atoms with van der Waals surface area (Å²) >= 11 is 0. The molecule has 1 fully saturated rings. The van der Waals surface area contributed by atoms with Crippen molar-refractivity contribution in [2.45, 2.75) is 32.2 Å². The summed E-state index contributed by atoms with van der Waals surface area (Å²) in [6, 6.07) is 9.81. The van der Waals surface area contributed by atoms with Gasteiger partial charge in [0, 0.05) is 19.1 Å². The minimum absolute atomic E-state index is 0.741. The minimum Gasteiger partial charge on any atom is -0.315 e. The lowest BCUT2D eigenvalue weighted by molar-refractivity contribution is 0.260. The van der Waals surface area contributed by atoms with Crippen LogP contribution < -0.4 is 5.32 Å². The molecular weight excluding hydrogens is 208 g/mol. The van der Waals surface area contributed by atoms with Crippen LogP contribution in [0.3, 0.4) is 0 Å². The molecule has 0 aliphatic carbocycles. The van der Waals surface area contributed by atoms with Gasteiger partial charge in [0.2, 0.25) is 0 Å². The predicted molar refractivity (Wildman–Crippen MR) is 73.4 cm³/mol. The van der Waals surface area contributed by atoms with E-state index < -0.39 is 0 Å². The van der Waals surface area contributed by atoms with Crippen LogP contribution in [0.25, 0.3) is 0 Å². The fourth-order valence-corrected chi connectivity index (χ4v) is 2.45. The summed E-state index contributed by atoms with van der Waals surface area (Å²) in [6.45, 7) is 5.71. The predicted octanol–water partition coefficient (Wildman–Crippen LogP) is 2.09. The largest absolute Gasteiger partial charge is 0.315 e. The summed E-state index contributed by atoms with van der Waals surface area (Å²) in [5.74, 6) is 0. The highest BCUT2D eigenvalue weighted by Gasteiger charge is 2.18. The van der Waals surface area contributed by atoms with E-state index in [0.717, 1.165) is 32.0 Å². The summed E-state index contributed by atoms with van der Waals surface area (Å²) in [5, 5.41) is 3.42. The summed E-state index contributed by atoms with van der Waals surface area (Å²) in [4.78, 5) is 2.49. The van der Waals surface area contributed by atoms with Crippen LogP contribution in [0.5, 0.6) is 0 Å². The van der Waals surface area contributed by atoms with Gasteiger partial charge in [-0.1, -0.05) is 31.2 Å². The van der Waals surface area contributed by atoms with Gasteiger partial charge in [0.1, 0.15) is 0 Å². The van der Waals surface area contributed by atoms with Crippen molar-refractivity contribution in [1.82, 2.24) is 10.2 Å². The first-order valence-corrected chi connectivity index (χ1v) is 6.78. The van der Waals surface area contributed by atoms with Crippen LogP contribution in [0.15, 0.2) is 24.3 Å². The van der Waals surface area contributed by atoms with Gasteiger partial charge in [0.25, 0.3) is 0 Å². The van der Waals surface area contributed by atoms with E-state index in [1.54, 1.807) is 0 Å². The van der Waals surface area contributed by atoms with Crippen molar-refractivity contribution < 1.29 is 0 Å². The standard InChI is InChI=1S/C15H24N2/c1-3-13-4-6-14(7-5-13)9-11-17(2)15-8-10-16-12-15/h4-7,15-16H,3,8-12H2,1-2H3. The zero-order chi connectivity index (χ0) is 12.1. The normalized spacial score (nSPS) is 20.1. The van der Waals surface area contributed by atoms with Crippen LogP contribution in [-0.2, 0) is 12.8 Å². The van der Waals surface area contributed by atoms with E-state index in [2.05, 4.69) is 48.5 Å². The molecule has 1 aliphatic rings. The summed E-state index contributed by atoms with van der Waals surface area (Å²) in [6.07, 6.45) is 3.59. The van der Waals surface area contributed by atoms with Gasteiger partial charge in [-0.25, -0.2) is 0 Å². The quantitative estimate of drug-likeness (QED) is 0.836. The van der Waals surface area contributed by atoms with Crippen molar-refractivity contribution in [3.63, 3.8) is 0 Å². The van der Waals surface area contributed by atoms with Gasteiger partial charge in [0.15, 0.2) is 0 Å². The van der Waals surface area contributed by atoms with Gasteiger partial charge in [-0.05, 0) is 44.0 Å². The van der Waals surface area contributed by atoms with Gasteiger partial charge in [-0.15, -0.1) is 0 Å². The first kappa shape index (κ1) is 12.6. The number of hydrogen-bond acceptors (Lipinski definition) is 2. The molecule has 1 unspecified atom stereocenters. The third kappa shape index (κ3) is 3.55. The van der Waals surface area contributed by atoms with Crippen LogP contribution in [0.1, 0.15) is 24.5 Å². The van der Waals surface area contributed by atoms with Crippen LogP contribution in [0, 0.1) is 0 Å². The van der Waals surface area contributed by atoms with Gasteiger partial charge in [-0.2, -0.15) is 0 Å². The maximum Gasteiger partial charge on any atom is 0.0229 e. The van der Waals surface area contributed by atoms with Gasteiger partial charge in [0.05, 0.1) is 0 Å². The Kier molecular flexibility index (Phi) is 4.57. The van der Waals surface area contributed by atoms with Gasteiger partial charge >= 0.3 is 0 Å². The molecule has 1 heterocycles. The van der Waals surface area contributed by atoms with E-state index in [1.165, 1.54) is 24.1 Å². The first-order chi connectivity index (χ1) is 8.29. The van der Waals surface area contributed by atoms with Crippen LogP contribution >= 0.6 is 0 Å². The molecule has 0 aromatic heterocycles. The SMILES string of the molecule is CCc1ccc(CCN(C)C2CCNC2)cc1. The number of likely N-dealkylation sites (N-methyl/N-ethyl adjacent to an activating group) is 1. The fourth-order valence-electron chi connectivity index (χ4n) is 2.45. The number of rotatable bonds is 5. The Bertz CT molecular complexity index is 325. The Morgan fingerprint density at radius 3 is 2.53 bits per heavy atom. The Hall–Kier alpha value is -0.860. The maximum atomic E-state index is 3.42. The highest BCUT2D eigenvalue weighted by Crippen LogP contribution is 2.09. The van der Waals surface area contributed by atoms with E-state index in [-0.39, 0.29) is 0 Å². The van der Waals surface area contributed by atoms with E-state index in [1.807, 2.05) is 0 Å². The molecule has 2 rings (SSSR count). The molecule has 1 aliphatic heterocycles. The van der Waals surface area contributed by atoms with Crippen LogP contribution in [-0.4, -0.2) is 37.6 Å². The molecular formula is C15H24N2. The summed E-state index contributed by atoms with van der Waals surface area (Å²) in [7, 11) is 2.25. The number of aryl methyl sites for hydroxylation is 1. The molecule has 0 bridgehead atoms. The van der Waals surface area contributed by atoms with Crippen molar-refractivity contribution in [2.75, 3.05) is 26.7 Å². The maximum absolute atomic E-state index is 3.42. The number of hydrogen-bond donors (Lipinski definition) is 1. The number of benzene rings is 1. The lowest BCUT2D eigenvalue weighted by Gasteiger charge is -2.23. The second kappa shape index (κ2) is 6.18.